The molecule has 0 radical (unpaired) electrons. The van der Waals surface area contributed by atoms with E-state index < -0.39 is 0 Å². The van der Waals surface area contributed by atoms with Gasteiger partial charge >= 0.3 is 0 Å². The normalized spacial score (nSPS) is 10.6. The molecular weight excluding hydrogens is 179 g/mol. The van der Waals surface area contributed by atoms with Gasteiger partial charge in [-0.1, -0.05) is 0 Å². The molecule has 7 heteroatoms. The summed E-state index contributed by atoms with van der Waals surface area (Å²) in [6.07, 6.45) is 2.46. The molecule has 0 amide bonds. The highest BCUT2D eigenvalue weighted by atomic mass is 15.1. The lowest BCUT2D eigenvalue weighted by molar-refractivity contribution is 1.11. The Kier molecular flexibility index (Phi) is 1.92. The summed E-state index contributed by atoms with van der Waals surface area (Å²) in [5, 5.41) is 0. The topological polar surface area (TPSA) is 104 Å². The van der Waals surface area contributed by atoms with Crippen molar-refractivity contribution in [3.63, 3.8) is 0 Å². The Balaban J connectivity index is 2.75. The molecule has 0 aliphatic carbocycles. The van der Waals surface area contributed by atoms with E-state index in [0.717, 1.165) is 12.0 Å². The molecule has 2 aromatic heterocycles. The Hall–Kier alpha value is -1.92. The van der Waals surface area contributed by atoms with Gasteiger partial charge < -0.3 is 11.5 Å². The van der Waals surface area contributed by atoms with Crippen molar-refractivity contribution in [1.82, 2.24) is 19.9 Å². The second kappa shape index (κ2) is 3.10. The molecule has 0 aliphatic heterocycles. The van der Waals surface area contributed by atoms with E-state index in [4.69, 9.17) is 11.5 Å². The lowest BCUT2D eigenvalue weighted by atomic mass is 10.0. The van der Waals surface area contributed by atoms with E-state index in [0.29, 0.717) is 11.2 Å². The highest BCUT2D eigenvalue weighted by Crippen LogP contribution is 2.14. The van der Waals surface area contributed by atoms with Crippen molar-refractivity contribution in [3.05, 3.63) is 11.9 Å². The molecule has 2 aromatic rings. The van der Waals surface area contributed by atoms with Crippen molar-refractivity contribution in [1.29, 1.82) is 0 Å². The van der Waals surface area contributed by atoms with Gasteiger partial charge in [-0.25, -0.2) is 9.97 Å². The summed E-state index contributed by atoms with van der Waals surface area (Å²) in [6.45, 7) is 0. The minimum atomic E-state index is 0.119. The first-order valence-corrected chi connectivity index (χ1v) is 4.25. The number of nitrogens with two attached hydrogens (primary N) is 2. The SMILES string of the molecule is BCc1cnc2nc(N)nc(N)c2n1. The van der Waals surface area contributed by atoms with Crippen LogP contribution in [0.1, 0.15) is 5.69 Å². The summed E-state index contributed by atoms with van der Waals surface area (Å²) < 4.78 is 0. The standard InChI is InChI=1S/C7H9BN6/c8-1-3-2-11-6-4(12-3)5(9)13-7(10)14-6/h2H,1,8H2,(H4,9,10,11,13,14). The van der Waals surface area contributed by atoms with Crippen molar-refractivity contribution in [2.45, 2.75) is 6.32 Å². The van der Waals surface area contributed by atoms with Crippen LogP contribution in [0, 0.1) is 0 Å². The smallest absolute Gasteiger partial charge is 0.224 e. The summed E-state index contributed by atoms with van der Waals surface area (Å²) in [7, 11) is 1.99. The average Bonchev–Trinajstić information content (AvgIpc) is 2.17. The number of fused-ring (bicyclic) bond motifs is 1. The Morgan fingerprint density at radius 2 is 2.00 bits per heavy atom. The molecule has 0 unspecified atom stereocenters. The summed E-state index contributed by atoms with van der Waals surface area (Å²) in [4.78, 5) is 16.1. The highest BCUT2D eigenvalue weighted by molar-refractivity contribution is 6.08. The van der Waals surface area contributed by atoms with E-state index in [1.54, 1.807) is 6.20 Å². The molecule has 2 rings (SSSR count). The zero-order valence-corrected chi connectivity index (χ0v) is 7.73. The monoisotopic (exact) mass is 188 g/mol. The van der Waals surface area contributed by atoms with Gasteiger partial charge in [0.15, 0.2) is 17.0 Å². The van der Waals surface area contributed by atoms with Gasteiger partial charge in [-0.3, -0.25) is 0 Å². The minimum Gasteiger partial charge on any atom is -0.382 e. The van der Waals surface area contributed by atoms with Gasteiger partial charge in [0, 0.05) is 0 Å². The predicted octanol–water partition coefficient (Wildman–Crippen LogP) is -1.28. The molecular formula is C7H9BN6. The largest absolute Gasteiger partial charge is 0.382 e. The van der Waals surface area contributed by atoms with Crippen LogP contribution in [0.3, 0.4) is 0 Å². The van der Waals surface area contributed by atoms with Gasteiger partial charge in [-0.2, -0.15) is 9.97 Å². The second-order valence-electron chi connectivity index (χ2n) is 2.85. The van der Waals surface area contributed by atoms with Crippen LogP contribution >= 0.6 is 0 Å². The van der Waals surface area contributed by atoms with Crippen molar-refractivity contribution < 1.29 is 0 Å². The Morgan fingerprint density at radius 3 is 2.71 bits per heavy atom. The molecule has 0 aliphatic rings. The van der Waals surface area contributed by atoms with Gasteiger partial charge in [0.05, 0.1) is 11.9 Å². The van der Waals surface area contributed by atoms with Crippen LogP contribution in [0.4, 0.5) is 11.8 Å². The van der Waals surface area contributed by atoms with E-state index in [1.165, 1.54) is 0 Å². The Bertz CT molecular complexity index is 485. The first-order chi connectivity index (χ1) is 6.70. The van der Waals surface area contributed by atoms with Crippen molar-refractivity contribution in [2.24, 2.45) is 0 Å². The Morgan fingerprint density at radius 1 is 1.21 bits per heavy atom. The maximum absolute atomic E-state index is 5.65. The molecule has 0 bridgehead atoms. The lowest BCUT2D eigenvalue weighted by Crippen LogP contribution is -2.04. The van der Waals surface area contributed by atoms with Crippen molar-refractivity contribution >= 4 is 30.8 Å². The van der Waals surface area contributed by atoms with E-state index in [-0.39, 0.29) is 11.8 Å². The number of hydrogen-bond acceptors (Lipinski definition) is 6. The third-order valence-electron chi connectivity index (χ3n) is 1.86. The van der Waals surface area contributed by atoms with Crippen LogP contribution in [0.2, 0.25) is 0 Å². The van der Waals surface area contributed by atoms with Crippen molar-refractivity contribution in [2.75, 3.05) is 11.5 Å². The number of aromatic nitrogens is 4. The predicted molar refractivity (Wildman–Crippen MR) is 56.2 cm³/mol. The van der Waals surface area contributed by atoms with Crippen LogP contribution in [0.25, 0.3) is 11.2 Å². The molecule has 0 aromatic carbocycles. The van der Waals surface area contributed by atoms with Gasteiger partial charge in [0.1, 0.15) is 7.85 Å². The molecule has 0 saturated carbocycles. The molecule has 0 spiro atoms. The molecule has 0 saturated heterocycles. The summed E-state index contributed by atoms with van der Waals surface area (Å²) in [5.74, 6) is 0.392. The molecule has 6 nitrogen and oxygen atoms in total. The van der Waals surface area contributed by atoms with Gasteiger partial charge in [0.25, 0.3) is 0 Å². The molecule has 70 valence electrons. The Labute approximate surface area is 81.2 Å². The first kappa shape index (κ1) is 8.67. The highest BCUT2D eigenvalue weighted by Gasteiger charge is 2.06. The number of nitrogens with zero attached hydrogens (tertiary/aromatic N) is 4. The molecule has 4 N–H and O–H groups in total. The van der Waals surface area contributed by atoms with Gasteiger partial charge in [0.2, 0.25) is 5.95 Å². The van der Waals surface area contributed by atoms with Crippen LogP contribution in [0.5, 0.6) is 0 Å². The fourth-order valence-corrected chi connectivity index (χ4v) is 1.15. The van der Waals surface area contributed by atoms with Crippen LogP contribution in [-0.2, 0) is 6.32 Å². The van der Waals surface area contributed by atoms with Crippen molar-refractivity contribution in [3.8, 4) is 0 Å². The van der Waals surface area contributed by atoms with Gasteiger partial charge in [-0.05, 0) is 6.32 Å². The maximum atomic E-state index is 5.65. The molecule has 2 heterocycles. The molecule has 0 fully saturated rings. The summed E-state index contributed by atoms with van der Waals surface area (Å²) in [6, 6.07) is 0. The number of nitrogen functional groups attached to an aromatic ring is 2. The van der Waals surface area contributed by atoms with E-state index in [1.807, 2.05) is 7.85 Å². The lowest BCUT2D eigenvalue weighted by Gasteiger charge is -2.01. The van der Waals surface area contributed by atoms with E-state index in [9.17, 15) is 0 Å². The number of hydrogen-bond donors (Lipinski definition) is 2. The summed E-state index contributed by atoms with van der Waals surface area (Å²) in [5.41, 5.74) is 12.9. The van der Waals surface area contributed by atoms with Crippen LogP contribution in [0.15, 0.2) is 6.20 Å². The zero-order chi connectivity index (χ0) is 10.1. The third kappa shape index (κ3) is 1.32. The fraction of sp³-hybridized carbons (Fsp3) is 0.143. The van der Waals surface area contributed by atoms with Crippen LogP contribution < -0.4 is 11.5 Å². The third-order valence-corrected chi connectivity index (χ3v) is 1.86. The number of rotatable bonds is 1. The van der Waals surface area contributed by atoms with E-state index >= 15 is 0 Å². The van der Waals surface area contributed by atoms with E-state index in [2.05, 4.69) is 19.9 Å². The van der Waals surface area contributed by atoms with Gasteiger partial charge in [-0.15, -0.1) is 0 Å². The molecule has 14 heavy (non-hydrogen) atoms. The zero-order valence-electron chi connectivity index (χ0n) is 7.73. The first-order valence-electron chi connectivity index (χ1n) is 4.25. The second-order valence-corrected chi connectivity index (χ2v) is 2.85. The number of anilines is 2. The summed E-state index contributed by atoms with van der Waals surface area (Å²) >= 11 is 0. The van der Waals surface area contributed by atoms with Crippen LogP contribution in [-0.4, -0.2) is 27.8 Å². The fourth-order valence-electron chi connectivity index (χ4n) is 1.15. The average molecular weight is 188 g/mol. The quantitative estimate of drug-likeness (QED) is 0.540. The maximum Gasteiger partial charge on any atom is 0.224 e. The minimum absolute atomic E-state index is 0.119. The molecule has 0 atom stereocenters.